The minimum absolute atomic E-state index is 0.0835. The highest BCUT2D eigenvalue weighted by Crippen LogP contribution is 2.43. The molecule has 0 radical (unpaired) electrons. The van der Waals surface area contributed by atoms with Crippen molar-refractivity contribution >= 4 is 39.4 Å². The smallest absolute Gasteiger partial charge is 0.306 e. The number of rotatable bonds is 4. The van der Waals surface area contributed by atoms with Gasteiger partial charge in [-0.05, 0) is 17.7 Å². The summed E-state index contributed by atoms with van der Waals surface area (Å²) in [6, 6.07) is 17.7. The maximum absolute atomic E-state index is 12.3. The van der Waals surface area contributed by atoms with Gasteiger partial charge in [0, 0.05) is 27.3 Å². The number of carbonyl (C=O) groups is 1. The van der Waals surface area contributed by atoms with Crippen LogP contribution in [0, 0.1) is 22.7 Å². The van der Waals surface area contributed by atoms with Crippen molar-refractivity contribution in [2.45, 2.75) is 12.3 Å². The van der Waals surface area contributed by atoms with Crippen LogP contribution in [0.15, 0.2) is 48.5 Å². The number of halogens is 1. The van der Waals surface area contributed by atoms with Crippen molar-refractivity contribution in [3.8, 4) is 17.9 Å². The third kappa shape index (κ3) is 3.56. The number of hydrogen-bond donors (Lipinski definition) is 1. The minimum Gasteiger partial charge on any atom is -0.507 e. The molecule has 4 rings (SSSR count). The lowest BCUT2D eigenvalue weighted by atomic mass is 9.85. The van der Waals surface area contributed by atoms with Crippen LogP contribution in [-0.4, -0.2) is 28.2 Å². The zero-order chi connectivity index (χ0) is 22.8. The van der Waals surface area contributed by atoms with E-state index in [9.17, 15) is 20.4 Å². The molecular weight excluding hydrogens is 428 g/mol. The molecule has 1 atom stereocenters. The number of fused-ring (bicyclic) bond motifs is 3. The lowest BCUT2D eigenvalue weighted by molar-refractivity contribution is -0.140. The molecule has 0 spiro atoms. The number of methoxy groups -OCH3 is 1. The summed E-state index contributed by atoms with van der Waals surface area (Å²) in [5, 5.41) is 31.8. The number of nitrogens with zero attached hydrogens (tertiary/aromatic N) is 4. The number of benzene rings is 3. The molecule has 0 saturated carbocycles. The van der Waals surface area contributed by atoms with Crippen molar-refractivity contribution < 1.29 is 14.6 Å². The normalized spacial score (nSPS) is 11.6. The van der Waals surface area contributed by atoms with Gasteiger partial charge >= 0.3 is 5.97 Å². The van der Waals surface area contributed by atoms with Crippen LogP contribution in [0.25, 0.3) is 21.8 Å². The highest BCUT2D eigenvalue weighted by molar-refractivity contribution is 6.30. The number of hydrogen-bond acceptors (Lipinski definition) is 7. The molecule has 8 heteroatoms. The first kappa shape index (κ1) is 21.0. The van der Waals surface area contributed by atoms with E-state index >= 15 is 0 Å². The van der Waals surface area contributed by atoms with Crippen LogP contribution in [0.2, 0.25) is 5.02 Å². The zero-order valence-corrected chi connectivity index (χ0v) is 17.6. The van der Waals surface area contributed by atoms with Crippen LogP contribution in [0.4, 0.5) is 0 Å². The Hall–Kier alpha value is -4.20. The lowest BCUT2D eigenvalue weighted by Crippen LogP contribution is -2.12. The van der Waals surface area contributed by atoms with Gasteiger partial charge in [0.15, 0.2) is 11.4 Å². The first-order valence-electron chi connectivity index (χ1n) is 9.56. The van der Waals surface area contributed by atoms with E-state index < -0.39 is 11.9 Å². The maximum atomic E-state index is 12.3. The van der Waals surface area contributed by atoms with Crippen molar-refractivity contribution in [3.63, 3.8) is 0 Å². The number of phenolic OH excluding ortho intramolecular Hbond substituents is 1. The van der Waals surface area contributed by atoms with E-state index in [0.717, 1.165) is 0 Å². The van der Waals surface area contributed by atoms with Gasteiger partial charge in [0.2, 0.25) is 0 Å². The number of ether oxygens (including phenoxy) is 1. The van der Waals surface area contributed by atoms with Crippen LogP contribution in [0.1, 0.15) is 34.9 Å². The Morgan fingerprint density at radius 2 is 1.62 bits per heavy atom. The van der Waals surface area contributed by atoms with Gasteiger partial charge in [-0.2, -0.15) is 10.5 Å². The van der Waals surface area contributed by atoms with Gasteiger partial charge in [-0.25, -0.2) is 9.97 Å². The fraction of sp³-hybridized carbons (Fsp3) is 0.125. The molecule has 32 heavy (non-hydrogen) atoms. The number of aromatic nitrogens is 2. The van der Waals surface area contributed by atoms with Gasteiger partial charge in [0.05, 0.1) is 24.6 Å². The fourth-order valence-corrected chi connectivity index (χ4v) is 3.91. The summed E-state index contributed by atoms with van der Waals surface area (Å²) in [4.78, 5) is 21.1. The van der Waals surface area contributed by atoms with Gasteiger partial charge in [0.25, 0.3) is 0 Å². The molecule has 7 nitrogen and oxygen atoms in total. The molecule has 0 bridgehead atoms. The molecule has 156 valence electrons. The van der Waals surface area contributed by atoms with Gasteiger partial charge in [-0.3, -0.25) is 4.79 Å². The average Bonchev–Trinajstić information content (AvgIpc) is 2.83. The molecule has 0 fully saturated rings. The summed E-state index contributed by atoms with van der Waals surface area (Å²) in [6.45, 7) is 0. The van der Waals surface area contributed by atoms with Crippen LogP contribution < -0.4 is 0 Å². The molecule has 0 amide bonds. The SMILES string of the molecule is COC(=O)CC(c1ccc(Cl)cc1)c1c(O)c2ccccc2c2nc(C#N)c(C#N)nc12. The first-order valence-corrected chi connectivity index (χ1v) is 9.94. The number of phenols is 1. The second-order valence-corrected chi connectivity index (χ2v) is 7.47. The molecule has 0 aliphatic rings. The minimum atomic E-state index is -0.666. The summed E-state index contributed by atoms with van der Waals surface area (Å²) < 4.78 is 4.89. The van der Waals surface area contributed by atoms with Crippen LogP contribution in [0.5, 0.6) is 5.75 Å². The van der Waals surface area contributed by atoms with E-state index in [1.165, 1.54) is 7.11 Å². The first-order chi connectivity index (χ1) is 15.5. The third-order valence-electron chi connectivity index (χ3n) is 5.27. The molecule has 4 aromatic rings. The quantitative estimate of drug-likeness (QED) is 0.362. The van der Waals surface area contributed by atoms with Crippen molar-refractivity contribution in [3.05, 3.63) is 76.1 Å². The molecule has 1 N–H and O–H groups in total. The standard InChI is InChI=1S/C24H15ClN4O3/c1-32-20(30)10-17(13-6-8-14(25)9-7-13)21-23-22(28-18(11-26)19(12-27)29-23)15-4-2-3-5-16(15)24(21)31/h2-9,17,31H,10H2,1H3. The van der Waals surface area contributed by atoms with Gasteiger partial charge in [-0.15, -0.1) is 0 Å². The van der Waals surface area contributed by atoms with Gasteiger partial charge < -0.3 is 9.84 Å². The second-order valence-electron chi connectivity index (χ2n) is 7.03. The van der Waals surface area contributed by atoms with E-state index in [2.05, 4.69) is 9.97 Å². The highest BCUT2D eigenvalue weighted by Gasteiger charge is 2.28. The summed E-state index contributed by atoms with van der Waals surface area (Å²) in [5.41, 5.74) is 1.33. The van der Waals surface area contributed by atoms with Crippen molar-refractivity contribution in [1.82, 2.24) is 9.97 Å². The van der Waals surface area contributed by atoms with Crippen molar-refractivity contribution in [2.75, 3.05) is 7.11 Å². The Balaban J connectivity index is 2.15. The zero-order valence-electron chi connectivity index (χ0n) is 16.8. The van der Waals surface area contributed by atoms with E-state index in [1.54, 1.807) is 48.5 Å². The highest BCUT2D eigenvalue weighted by atomic mass is 35.5. The monoisotopic (exact) mass is 442 g/mol. The van der Waals surface area contributed by atoms with Crippen molar-refractivity contribution in [1.29, 1.82) is 10.5 Å². The molecule has 1 aromatic heterocycles. The number of esters is 1. The van der Waals surface area contributed by atoms with E-state index in [0.29, 0.717) is 32.4 Å². The van der Waals surface area contributed by atoms with Crippen LogP contribution in [-0.2, 0) is 9.53 Å². The largest absolute Gasteiger partial charge is 0.507 e. The Bertz CT molecular complexity index is 1450. The number of carbonyl (C=O) groups excluding carboxylic acids is 1. The van der Waals surface area contributed by atoms with Crippen molar-refractivity contribution in [2.24, 2.45) is 0 Å². The summed E-state index contributed by atoms with van der Waals surface area (Å²) in [5.74, 6) is -1.24. The fourth-order valence-electron chi connectivity index (χ4n) is 3.78. The molecule has 1 unspecified atom stereocenters. The molecular formula is C24H15ClN4O3. The number of aromatic hydroxyl groups is 1. The van der Waals surface area contributed by atoms with E-state index in [1.807, 2.05) is 12.1 Å². The predicted octanol–water partition coefficient (Wildman–Crippen LogP) is 4.58. The van der Waals surface area contributed by atoms with Crippen LogP contribution in [0.3, 0.4) is 0 Å². The lowest BCUT2D eigenvalue weighted by Gasteiger charge is -2.21. The van der Waals surface area contributed by atoms with E-state index in [-0.39, 0.29) is 29.1 Å². The third-order valence-corrected chi connectivity index (χ3v) is 5.53. The topological polar surface area (TPSA) is 120 Å². The maximum Gasteiger partial charge on any atom is 0.306 e. The van der Waals surface area contributed by atoms with Gasteiger partial charge in [-0.1, -0.05) is 48.0 Å². The molecule has 0 aliphatic carbocycles. The second kappa shape index (κ2) is 8.50. The number of nitriles is 2. The van der Waals surface area contributed by atoms with E-state index in [4.69, 9.17) is 16.3 Å². The molecule has 3 aromatic carbocycles. The molecule has 1 heterocycles. The Labute approximate surface area is 188 Å². The van der Waals surface area contributed by atoms with Gasteiger partial charge in [0.1, 0.15) is 17.9 Å². The Morgan fingerprint density at radius 1 is 1.03 bits per heavy atom. The summed E-state index contributed by atoms with van der Waals surface area (Å²) in [7, 11) is 1.28. The Kier molecular flexibility index (Phi) is 5.59. The summed E-state index contributed by atoms with van der Waals surface area (Å²) in [6.07, 6.45) is -0.0945. The molecule has 0 aliphatic heterocycles. The Morgan fingerprint density at radius 3 is 2.22 bits per heavy atom. The predicted molar refractivity (Wildman–Crippen MR) is 118 cm³/mol. The van der Waals surface area contributed by atoms with Crippen LogP contribution >= 0.6 is 11.6 Å². The average molecular weight is 443 g/mol. The molecule has 0 saturated heterocycles. The summed E-state index contributed by atoms with van der Waals surface area (Å²) >= 11 is 6.04.